The van der Waals surface area contributed by atoms with Crippen LogP contribution in [0.15, 0.2) is 45.3 Å². The highest BCUT2D eigenvalue weighted by atomic mass is 79.9. The van der Waals surface area contributed by atoms with Crippen molar-refractivity contribution in [2.75, 3.05) is 7.11 Å². The summed E-state index contributed by atoms with van der Waals surface area (Å²) in [4.78, 5) is 0. The molecular weight excluding hydrogens is 389 g/mol. The molecule has 0 aliphatic rings. The third kappa shape index (κ3) is 3.40. The average Bonchev–Trinajstić information content (AvgIpc) is 2.43. The molecule has 0 bridgehead atoms. The van der Waals surface area contributed by atoms with E-state index in [2.05, 4.69) is 31.9 Å². The van der Waals surface area contributed by atoms with Crippen molar-refractivity contribution in [1.29, 1.82) is 0 Å². The van der Waals surface area contributed by atoms with E-state index in [-0.39, 0.29) is 11.9 Å². The molecule has 0 spiro atoms. The van der Waals surface area contributed by atoms with Crippen molar-refractivity contribution < 1.29 is 9.13 Å². The maximum absolute atomic E-state index is 13.5. The molecule has 0 aliphatic heterocycles. The van der Waals surface area contributed by atoms with Gasteiger partial charge in [-0.3, -0.25) is 0 Å². The molecule has 106 valence electrons. The van der Waals surface area contributed by atoms with Crippen LogP contribution in [-0.4, -0.2) is 7.11 Å². The van der Waals surface area contributed by atoms with Crippen LogP contribution in [0.5, 0.6) is 5.75 Å². The number of halogens is 3. The summed E-state index contributed by atoms with van der Waals surface area (Å²) in [5, 5.41) is 0. The Morgan fingerprint density at radius 1 is 1.25 bits per heavy atom. The maximum atomic E-state index is 13.5. The molecule has 0 saturated heterocycles. The number of nitrogens with two attached hydrogens (primary N) is 1. The second-order valence-electron chi connectivity index (χ2n) is 4.42. The van der Waals surface area contributed by atoms with Crippen molar-refractivity contribution in [2.24, 2.45) is 5.73 Å². The van der Waals surface area contributed by atoms with Gasteiger partial charge in [-0.2, -0.15) is 0 Å². The van der Waals surface area contributed by atoms with E-state index < -0.39 is 0 Å². The lowest BCUT2D eigenvalue weighted by atomic mass is 9.99. The van der Waals surface area contributed by atoms with Gasteiger partial charge in [0.1, 0.15) is 11.6 Å². The van der Waals surface area contributed by atoms with Gasteiger partial charge in [-0.25, -0.2) is 4.39 Å². The van der Waals surface area contributed by atoms with Gasteiger partial charge >= 0.3 is 0 Å². The van der Waals surface area contributed by atoms with Gasteiger partial charge in [-0.15, -0.1) is 0 Å². The summed E-state index contributed by atoms with van der Waals surface area (Å²) in [5.41, 5.74) is 8.02. The second kappa shape index (κ2) is 6.70. The van der Waals surface area contributed by atoms with E-state index in [1.807, 2.05) is 24.3 Å². The first kappa shape index (κ1) is 15.5. The van der Waals surface area contributed by atoms with Crippen LogP contribution in [0.1, 0.15) is 17.2 Å². The Kier molecular flexibility index (Phi) is 5.18. The minimum absolute atomic E-state index is 0.213. The fourth-order valence-corrected chi connectivity index (χ4v) is 2.96. The summed E-state index contributed by atoms with van der Waals surface area (Å²) in [6.07, 6.45) is 0.553. The van der Waals surface area contributed by atoms with Gasteiger partial charge in [0.2, 0.25) is 0 Å². The molecule has 0 heterocycles. The summed E-state index contributed by atoms with van der Waals surface area (Å²) in [6, 6.07) is 10.5. The predicted octanol–water partition coefficient (Wildman–Crippen LogP) is 4.60. The molecule has 2 aromatic rings. The van der Waals surface area contributed by atoms with Gasteiger partial charge in [-0.1, -0.05) is 18.2 Å². The minimum atomic E-state index is -0.273. The van der Waals surface area contributed by atoms with Crippen LogP contribution in [0.25, 0.3) is 0 Å². The highest BCUT2D eigenvalue weighted by Gasteiger charge is 2.13. The molecule has 1 unspecified atom stereocenters. The average molecular weight is 403 g/mol. The van der Waals surface area contributed by atoms with E-state index in [1.54, 1.807) is 13.2 Å². The standard InChI is InChI=1S/C15H14Br2FNO/c1-20-14-6-5-9(7-11(14)16)13(19)8-10-3-2-4-12(18)15(10)17/h2-7,13H,8,19H2,1H3. The smallest absolute Gasteiger partial charge is 0.137 e. The van der Waals surface area contributed by atoms with Crippen LogP contribution < -0.4 is 10.5 Å². The first-order chi connectivity index (χ1) is 9.52. The number of benzene rings is 2. The molecule has 0 fully saturated rings. The van der Waals surface area contributed by atoms with E-state index in [1.165, 1.54) is 6.07 Å². The highest BCUT2D eigenvalue weighted by Crippen LogP contribution is 2.30. The number of ether oxygens (including phenoxy) is 1. The van der Waals surface area contributed by atoms with E-state index in [0.29, 0.717) is 10.9 Å². The molecule has 1 atom stereocenters. The molecule has 20 heavy (non-hydrogen) atoms. The summed E-state index contributed by atoms with van der Waals surface area (Å²) >= 11 is 6.70. The van der Waals surface area contributed by atoms with Crippen molar-refractivity contribution >= 4 is 31.9 Å². The minimum Gasteiger partial charge on any atom is -0.496 e. The molecule has 2 aromatic carbocycles. The Bertz CT molecular complexity index is 619. The van der Waals surface area contributed by atoms with Crippen molar-refractivity contribution in [1.82, 2.24) is 0 Å². The van der Waals surface area contributed by atoms with Gasteiger partial charge in [0.25, 0.3) is 0 Å². The van der Waals surface area contributed by atoms with Gasteiger partial charge in [0.05, 0.1) is 16.1 Å². The molecule has 2 N–H and O–H groups in total. The highest BCUT2D eigenvalue weighted by molar-refractivity contribution is 9.10. The zero-order chi connectivity index (χ0) is 14.7. The first-order valence-corrected chi connectivity index (χ1v) is 7.63. The molecule has 0 radical (unpaired) electrons. The van der Waals surface area contributed by atoms with Crippen LogP contribution in [0, 0.1) is 5.82 Å². The molecule has 5 heteroatoms. The zero-order valence-electron chi connectivity index (χ0n) is 10.9. The monoisotopic (exact) mass is 401 g/mol. The Hall–Kier alpha value is -0.910. The van der Waals surface area contributed by atoms with E-state index in [9.17, 15) is 4.39 Å². The molecule has 0 aliphatic carbocycles. The maximum Gasteiger partial charge on any atom is 0.137 e. The normalized spacial score (nSPS) is 12.2. The van der Waals surface area contributed by atoms with Crippen LogP contribution >= 0.6 is 31.9 Å². The fraction of sp³-hybridized carbons (Fsp3) is 0.200. The third-order valence-corrected chi connectivity index (χ3v) is 4.58. The Balaban J connectivity index is 2.21. The van der Waals surface area contributed by atoms with Crippen molar-refractivity contribution in [3.8, 4) is 5.75 Å². The number of hydrogen-bond donors (Lipinski definition) is 1. The van der Waals surface area contributed by atoms with E-state index in [4.69, 9.17) is 10.5 Å². The SMILES string of the molecule is COc1ccc(C(N)Cc2cccc(F)c2Br)cc1Br. The Morgan fingerprint density at radius 2 is 2.00 bits per heavy atom. The van der Waals surface area contributed by atoms with Crippen molar-refractivity contribution in [2.45, 2.75) is 12.5 Å². The molecule has 0 aromatic heterocycles. The van der Waals surface area contributed by atoms with E-state index >= 15 is 0 Å². The quantitative estimate of drug-likeness (QED) is 0.810. The Morgan fingerprint density at radius 3 is 2.65 bits per heavy atom. The van der Waals surface area contributed by atoms with Crippen molar-refractivity contribution in [3.05, 3.63) is 62.3 Å². The first-order valence-electron chi connectivity index (χ1n) is 6.05. The van der Waals surface area contributed by atoms with Crippen LogP contribution in [0.2, 0.25) is 0 Å². The van der Waals surface area contributed by atoms with Gasteiger partial charge in [-0.05, 0) is 67.6 Å². The molecule has 0 saturated carbocycles. The summed E-state index contributed by atoms with van der Waals surface area (Å²) < 4.78 is 20.0. The largest absolute Gasteiger partial charge is 0.496 e. The van der Waals surface area contributed by atoms with Gasteiger partial charge < -0.3 is 10.5 Å². The topological polar surface area (TPSA) is 35.2 Å². The lowest BCUT2D eigenvalue weighted by molar-refractivity contribution is 0.412. The number of methoxy groups -OCH3 is 1. The van der Waals surface area contributed by atoms with Crippen LogP contribution in [-0.2, 0) is 6.42 Å². The van der Waals surface area contributed by atoms with Crippen LogP contribution in [0.3, 0.4) is 0 Å². The third-order valence-electron chi connectivity index (χ3n) is 3.08. The summed E-state index contributed by atoms with van der Waals surface area (Å²) in [5.74, 6) is 0.485. The fourth-order valence-electron chi connectivity index (χ4n) is 1.97. The Labute approximate surface area is 134 Å². The molecule has 2 rings (SSSR count). The summed E-state index contributed by atoms with van der Waals surface area (Å²) in [7, 11) is 1.61. The van der Waals surface area contributed by atoms with Gasteiger partial charge in [0.15, 0.2) is 0 Å². The lowest BCUT2D eigenvalue weighted by Gasteiger charge is -2.15. The van der Waals surface area contributed by atoms with Crippen LogP contribution in [0.4, 0.5) is 4.39 Å². The van der Waals surface area contributed by atoms with Gasteiger partial charge in [0, 0.05) is 6.04 Å². The molecule has 2 nitrogen and oxygen atoms in total. The van der Waals surface area contributed by atoms with Crippen molar-refractivity contribution in [3.63, 3.8) is 0 Å². The second-order valence-corrected chi connectivity index (χ2v) is 6.06. The predicted molar refractivity (Wildman–Crippen MR) is 85.4 cm³/mol. The summed E-state index contributed by atoms with van der Waals surface area (Å²) in [6.45, 7) is 0. The molecule has 0 amide bonds. The zero-order valence-corrected chi connectivity index (χ0v) is 14.0. The number of hydrogen-bond acceptors (Lipinski definition) is 2. The van der Waals surface area contributed by atoms with E-state index in [0.717, 1.165) is 21.3 Å². The molecular formula is C15H14Br2FNO. The lowest BCUT2D eigenvalue weighted by Crippen LogP contribution is -2.14. The number of rotatable bonds is 4.